The summed E-state index contributed by atoms with van der Waals surface area (Å²) in [7, 11) is 0. The van der Waals surface area contributed by atoms with E-state index in [1.807, 2.05) is 0 Å². The highest BCUT2D eigenvalue weighted by atomic mass is 16.4. The molecule has 3 heteroatoms. The number of H-pyrrole nitrogens is 1. The summed E-state index contributed by atoms with van der Waals surface area (Å²) in [6.45, 7) is 3.53. The van der Waals surface area contributed by atoms with Crippen LogP contribution in [0.5, 0.6) is 0 Å². The molecule has 0 aliphatic carbocycles. The Labute approximate surface area is 64.4 Å². The molecule has 0 bridgehead atoms. The van der Waals surface area contributed by atoms with Gasteiger partial charge in [-0.3, -0.25) is 0 Å². The molecular formula is C8H9NO2. The Bertz CT molecular complexity index is 275. The molecule has 0 aromatic carbocycles. The van der Waals surface area contributed by atoms with Gasteiger partial charge >= 0.3 is 5.97 Å². The maximum Gasteiger partial charge on any atom is 0.352 e. The van der Waals surface area contributed by atoms with Gasteiger partial charge in [0.15, 0.2) is 0 Å². The van der Waals surface area contributed by atoms with E-state index < -0.39 is 5.97 Å². The molecule has 0 aliphatic rings. The van der Waals surface area contributed by atoms with Gasteiger partial charge < -0.3 is 10.1 Å². The SMILES string of the molecule is C=CCc1cc[nH]c1C(=O)O. The van der Waals surface area contributed by atoms with E-state index in [4.69, 9.17) is 5.11 Å². The predicted molar refractivity (Wildman–Crippen MR) is 41.7 cm³/mol. The van der Waals surface area contributed by atoms with Crippen molar-refractivity contribution in [3.8, 4) is 0 Å². The van der Waals surface area contributed by atoms with E-state index in [9.17, 15) is 4.79 Å². The molecule has 0 amide bonds. The fourth-order valence-electron chi connectivity index (χ4n) is 0.926. The van der Waals surface area contributed by atoms with Crippen molar-refractivity contribution in [2.24, 2.45) is 0 Å². The van der Waals surface area contributed by atoms with Crippen LogP contribution in [0.3, 0.4) is 0 Å². The van der Waals surface area contributed by atoms with Crippen LogP contribution in [0.25, 0.3) is 0 Å². The third-order valence-corrected chi connectivity index (χ3v) is 1.41. The number of aromatic carboxylic acids is 1. The molecule has 0 radical (unpaired) electrons. The van der Waals surface area contributed by atoms with Gasteiger partial charge in [0.05, 0.1) is 0 Å². The Morgan fingerprint density at radius 3 is 3.09 bits per heavy atom. The van der Waals surface area contributed by atoms with Gasteiger partial charge in [-0.15, -0.1) is 6.58 Å². The number of carboxylic acid groups (broad SMARTS) is 1. The maximum atomic E-state index is 10.5. The Kier molecular flexibility index (Phi) is 2.11. The summed E-state index contributed by atoms with van der Waals surface area (Å²) in [5.74, 6) is -0.924. The first-order valence-corrected chi connectivity index (χ1v) is 3.26. The Balaban J connectivity index is 2.95. The van der Waals surface area contributed by atoms with Crippen molar-refractivity contribution in [3.63, 3.8) is 0 Å². The summed E-state index contributed by atoms with van der Waals surface area (Å²) in [4.78, 5) is 13.1. The van der Waals surface area contributed by atoms with E-state index in [0.717, 1.165) is 5.56 Å². The standard InChI is InChI=1S/C8H9NO2/c1-2-3-6-4-5-9-7(6)8(10)11/h2,4-5,9H,1,3H2,(H,10,11). The van der Waals surface area contributed by atoms with Gasteiger partial charge in [0, 0.05) is 6.20 Å². The molecule has 1 heterocycles. The zero-order valence-electron chi connectivity index (χ0n) is 6.00. The van der Waals surface area contributed by atoms with Gasteiger partial charge in [-0.05, 0) is 18.1 Å². The molecule has 0 spiro atoms. The molecule has 1 aromatic heterocycles. The molecule has 0 atom stereocenters. The van der Waals surface area contributed by atoms with Crippen LogP contribution >= 0.6 is 0 Å². The van der Waals surface area contributed by atoms with E-state index in [-0.39, 0.29) is 5.69 Å². The van der Waals surface area contributed by atoms with Gasteiger partial charge in [0.1, 0.15) is 5.69 Å². The van der Waals surface area contributed by atoms with Crippen LogP contribution in [0, 0.1) is 0 Å². The van der Waals surface area contributed by atoms with Gasteiger partial charge in [-0.2, -0.15) is 0 Å². The van der Waals surface area contributed by atoms with Crippen LogP contribution < -0.4 is 0 Å². The van der Waals surface area contributed by atoms with Crippen molar-refractivity contribution in [1.29, 1.82) is 0 Å². The first-order chi connectivity index (χ1) is 5.25. The van der Waals surface area contributed by atoms with E-state index >= 15 is 0 Å². The molecule has 1 rings (SSSR count). The minimum absolute atomic E-state index is 0.255. The average Bonchev–Trinajstić information content (AvgIpc) is 2.36. The third-order valence-electron chi connectivity index (χ3n) is 1.41. The van der Waals surface area contributed by atoms with Gasteiger partial charge in [0.2, 0.25) is 0 Å². The third kappa shape index (κ3) is 1.49. The minimum Gasteiger partial charge on any atom is -0.477 e. The maximum absolute atomic E-state index is 10.5. The Morgan fingerprint density at radius 1 is 1.82 bits per heavy atom. The second kappa shape index (κ2) is 3.05. The number of carboxylic acids is 1. The summed E-state index contributed by atoms with van der Waals surface area (Å²) in [6.07, 6.45) is 3.88. The van der Waals surface area contributed by atoms with E-state index in [1.54, 1.807) is 18.3 Å². The fourth-order valence-corrected chi connectivity index (χ4v) is 0.926. The van der Waals surface area contributed by atoms with Crippen molar-refractivity contribution in [2.75, 3.05) is 0 Å². The highest BCUT2D eigenvalue weighted by Gasteiger charge is 2.08. The normalized spacial score (nSPS) is 9.45. The molecule has 0 fully saturated rings. The lowest BCUT2D eigenvalue weighted by Gasteiger charge is -1.93. The summed E-state index contributed by atoms with van der Waals surface area (Å²) in [6, 6.07) is 1.74. The number of hydrogen-bond acceptors (Lipinski definition) is 1. The van der Waals surface area contributed by atoms with Crippen molar-refractivity contribution < 1.29 is 9.90 Å². The highest BCUT2D eigenvalue weighted by Crippen LogP contribution is 2.07. The summed E-state index contributed by atoms with van der Waals surface area (Å²) < 4.78 is 0. The molecule has 3 nitrogen and oxygen atoms in total. The van der Waals surface area contributed by atoms with Crippen LogP contribution in [0.1, 0.15) is 16.1 Å². The molecule has 0 saturated carbocycles. The summed E-state index contributed by atoms with van der Waals surface area (Å²) >= 11 is 0. The van der Waals surface area contributed by atoms with Crippen LogP contribution in [0.2, 0.25) is 0 Å². The van der Waals surface area contributed by atoms with Crippen molar-refractivity contribution in [1.82, 2.24) is 4.98 Å². The zero-order valence-corrected chi connectivity index (χ0v) is 6.00. The summed E-state index contributed by atoms with van der Waals surface area (Å²) in [5.41, 5.74) is 1.03. The number of rotatable bonds is 3. The van der Waals surface area contributed by atoms with Crippen LogP contribution in [0.15, 0.2) is 24.9 Å². The lowest BCUT2D eigenvalue weighted by Crippen LogP contribution is -2.00. The largest absolute Gasteiger partial charge is 0.477 e. The average molecular weight is 151 g/mol. The lowest BCUT2D eigenvalue weighted by atomic mass is 10.2. The molecule has 0 saturated heterocycles. The summed E-state index contributed by atoms with van der Waals surface area (Å²) in [5, 5.41) is 8.62. The number of allylic oxidation sites excluding steroid dienone is 1. The van der Waals surface area contributed by atoms with Crippen LogP contribution in [-0.4, -0.2) is 16.1 Å². The topological polar surface area (TPSA) is 53.1 Å². The van der Waals surface area contributed by atoms with E-state index in [2.05, 4.69) is 11.6 Å². The first-order valence-electron chi connectivity index (χ1n) is 3.26. The molecule has 0 aliphatic heterocycles. The predicted octanol–water partition coefficient (Wildman–Crippen LogP) is 1.44. The molecule has 0 unspecified atom stereocenters. The van der Waals surface area contributed by atoms with Gasteiger partial charge in [0.25, 0.3) is 0 Å². The monoisotopic (exact) mass is 151 g/mol. The van der Waals surface area contributed by atoms with E-state index in [1.165, 1.54) is 0 Å². The van der Waals surface area contributed by atoms with Crippen molar-refractivity contribution in [2.45, 2.75) is 6.42 Å². The number of aromatic nitrogens is 1. The molecule has 11 heavy (non-hydrogen) atoms. The van der Waals surface area contributed by atoms with Gasteiger partial charge in [-0.25, -0.2) is 4.79 Å². The Morgan fingerprint density at radius 2 is 2.55 bits per heavy atom. The zero-order chi connectivity index (χ0) is 8.27. The van der Waals surface area contributed by atoms with Crippen LogP contribution in [-0.2, 0) is 6.42 Å². The first kappa shape index (κ1) is 7.60. The minimum atomic E-state index is -0.924. The molecule has 2 N–H and O–H groups in total. The fraction of sp³-hybridized carbons (Fsp3) is 0.125. The molecule has 58 valence electrons. The highest BCUT2D eigenvalue weighted by molar-refractivity contribution is 5.87. The van der Waals surface area contributed by atoms with Crippen molar-refractivity contribution in [3.05, 3.63) is 36.2 Å². The number of nitrogens with one attached hydrogen (secondary N) is 1. The lowest BCUT2D eigenvalue weighted by molar-refractivity contribution is 0.0690. The van der Waals surface area contributed by atoms with Gasteiger partial charge in [-0.1, -0.05) is 6.08 Å². The quantitative estimate of drug-likeness (QED) is 0.642. The second-order valence-corrected chi connectivity index (χ2v) is 2.18. The smallest absolute Gasteiger partial charge is 0.352 e. The second-order valence-electron chi connectivity index (χ2n) is 2.18. The number of aromatic amines is 1. The van der Waals surface area contributed by atoms with Crippen molar-refractivity contribution >= 4 is 5.97 Å². The number of hydrogen-bond donors (Lipinski definition) is 2. The van der Waals surface area contributed by atoms with E-state index in [0.29, 0.717) is 6.42 Å². The number of carbonyl (C=O) groups is 1. The molecular weight excluding hydrogens is 142 g/mol. The van der Waals surface area contributed by atoms with Crippen LogP contribution in [0.4, 0.5) is 0 Å². The Hall–Kier alpha value is -1.51. The molecule has 1 aromatic rings.